The fourth-order valence-electron chi connectivity index (χ4n) is 4.42. The van der Waals surface area contributed by atoms with Gasteiger partial charge in [-0.15, -0.1) is 0 Å². The van der Waals surface area contributed by atoms with E-state index >= 15 is 0 Å². The Hall–Kier alpha value is -3.39. The Morgan fingerprint density at radius 3 is 2.20 bits per heavy atom. The summed E-state index contributed by atoms with van der Waals surface area (Å²) >= 11 is 0. The molecule has 0 spiro atoms. The molecule has 3 N–H and O–H groups in total. The van der Waals surface area contributed by atoms with Crippen molar-refractivity contribution in [1.82, 2.24) is 10.6 Å². The topological polar surface area (TPSA) is 114 Å². The average molecular weight is 483 g/mol. The molecule has 0 heterocycles. The maximum atomic E-state index is 12.8. The minimum atomic E-state index is -1.00. The van der Waals surface area contributed by atoms with E-state index in [0.29, 0.717) is 13.0 Å². The molecule has 0 radical (unpaired) electrons. The summed E-state index contributed by atoms with van der Waals surface area (Å²) in [6.07, 6.45) is 0.540. The lowest BCUT2D eigenvalue weighted by molar-refractivity contribution is -0.140. The first-order valence-corrected chi connectivity index (χ1v) is 12.2. The zero-order chi connectivity index (χ0) is 25.2. The van der Waals surface area contributed by atoms with Gasteiger partial charge in [0.2, 0.25) is 5.91 Å². The van der Waals surface area contributed by atoms with Crippen LogP contribution in [0, 0.1) is 0 Å². The molecule has 3 rings (SSSR count). The molecule has 35 heavy (non-hydrogen) atoms. The molecule has 0 saturated carbocycles. The van der Waals surface area contributed by atoms with Crippen molar-refractivity contribution in [3.63, 3.8) is 0 Å². The van der Waals surface area contributed by atoms with Crippen LogP contribution in [-0.4, -0.2) is 55.0 Å². The van der Waals surface area contributed by atoms with E-state index in [-0.39, 0.29) is 31.4 Å². The van der Waals surface area contributed by atoms with Gasteiger partial charge in [0, 0.05) is 19.1 Å². The highest BCUT2D eigenvalue weighted by molar-refractivity contribution is 5.85. The second-order valence-electron chi connectivity index (χ2n) is 8.59. The van der Waals surface area contributed by atoms with Crippen LogP contribution in [0.2, 0.25) is 0 Å². The third kappa shape index (κ3) is 7.05. The number of unbranched alkanes of at least 4 members (excludes halogenated alkanes) is 1. The van der Waals surface area contributed by atoms with E-state index in [4.69, 9.17) is 14.6 Å². The van der Waals surface area contributed by atoms with Gasteiger partial charge in [-0.2, -0.15) is 0 Å². The largest absolute Gasteiger partial charge is 0.481 e. The van der Waals surface area contributed by atoms with Gasteiger partial charge in [-0.05, 0) is 35.6 Å². The number of hydrogen-bond donors (Lipinski definition) is 3. The third-order valence-electron chi connectivity index (χ3n) is 6.11. The first-order chi connectivity index (χ1) is 16.9. The SMILES string of the molecule is CCCC[C@H](NC(=O)OCC1c2ccccc2-c2ccccc21)C(=O)NCC(CC(=O)O)OCC. The molecule has 2 atom stereocenters. The van der Waals surface area contributed by atoms with E-state index < -0.39 is 24.2 Å². The Morgan fingerprint density at radius 2 is 1.63 bits per heavy atom. The van der Waals surface area contributed by atoms with Gasteiger partial charge in [0.05, 0.1) is 12.5 Å². The van der Waals surface area contributed by atoms with Gasteiger partial charge in [-0.25, -0.2) is 4.79 Å². The smallest absolute Gasteiger partial charge is 0.407 e. The number of ether oxygens (including phenoxy) is 2. The Balaban J connectivity index is 1.59. The molecule has 0 aromatic heterocycles. The molecule has 188 valence electrons. The lowest BCUT2D eigenvalue weighted by atomic mass is 9.98. The van der Waals surface area contributed by atoms with Crippen LogP contribution >= 0.6 is 0 Å². The number of hydrogen-bond acceptors (Lipinski definition) is 5. The summed E-state index contributed by atoms with van der Waals surface area (Å²) in [6.45, 7) is 4.31. The second kappa shape index (κ2) is 12.9. The number of alkyl carbamates (subject to hydrolysis) is 1. The minimum Gasteiger partial charge on any atom is -0.481 e. The van der Waals surface area contributed by atoms with Gasteiger partial charge in [-0.1, -0.05) is 68.3 Å². The fraction of sp³-hybridized carbons (Fsp3) is 0.444. The maximum Gasteiger partial charge on any atom is 0.407 e. The molecule has 8 heteroatoms. The molecule has 8 nitrogen and oxygen atoms in total. The standard InChI is InChI=1S/C27H34N2O6/c1-3-5-14-24(26(32)28-16-18(34-4-2)15-25(30)31)29-27(33)35-17-23-21-12-8-6-10-19(21)20-11-7-9-13-22(20)23/h6-13,18,23-24H,3-5,14-17H2,1-2H3,(H,28,32)(H,29,33)(H,30,31)/t18?,24-/m0/s1. The number of carboxylic acid groups (broad SMARTS) is 1. The molecule has 1 aliphatic carbocycles. The quantitative estimate of drug-likeness (QED) is 0.396. The number of aliphatic carboxylic acids is 1. The first kappa shape index (κ1) is 26.2. The van der Waals surface area contributed by atoms with Crippen molar-refractivity contribution in [2.45, 2.75) is 57.6 Å². The van der Waals surface area contributed by atoms with Crippen LogP contribution in [0.1, 0.15) is 56.6 Å². The van der Waals surface area contributed by atoms with Crippen LogP contribution in [0.3, 0.4) is 0 Å². The van der Waals surface area contributed by atoms with Crippen LogP contribution in [0.15, 0.2) is 48.5 Å². The van der Waals surface area contributed by atoms with Gasteiger partial charge >= 0.3 is 12.1 Å². The van der Waals surface area contributed by atoms with Crippen molar-refractivity contribution in [2.75, 3.05) is 19.8 Å². The molecular formula is C27H34N2O6. The lowest BCUT2D eigenvalue weighted by Gasteiger charge is -2.21. The van der Waals surface area contributed by atoms with Crippen LogP contribution in [0.25, 0.3) is 11.1 Å². The Labute approximate surface area is 206 Å². The highest BCUT2D eigenvalue weighted by atomic mass is 16.5. The Kier molecular flexibility index (Phi) is 9.66. The number of benzene rings is 2. The van der Waals surface area contributed by atoms with Crippen molar-refractivity contribution in [3.8, 4) is 11.1 Å². The number of fused-ring (bicyclic) bond motifs is 3. The van der Waals surface area contributed by atoms with Gasteiger partial charge in [-0.3, -0.25) is 9.59 Å². The predicted octanol–water partition coefficient (Wildman–Crippen LogP) is 4.08. The molecule has 0 fully saturated rings. The van der Waals surface area contributed by atoms with Crippen molar-refractivity contribution < 1.29 is 29.0 Å². The van der Waals surface area contributed by atoms with E-state index in [2.05, 4.69) is 22.8 Å². The molecule has 1 unspecified atom stereocenters. The lowest BCUT2D eigenvalue weighted by Crippen LogP contribution is -2.49. The molecule has 0 bridgehead atoms. The van der Waals surface area contributed by atoms with Crippen molar-refractivity contribution in [3.05, 3.63) is 59.7 Å². The summed E-state index contributed by atoms with van der Waals surface area (Å²) in [4.78, 5) is 36.5. The van der Waals surface area contributed by atoms with Crippen LogP contribution < -0.4 is 10.6 Å². The molecule has 2 aromatic carbocycles. The Bertz CT molecular complexity index is 979. The van der Waals surface area contributed by atoms with Gasteiger partial charge in [0.1, 0.15) is 12.6 Å². The fourth-order valence-corrected chi connectivity index (χ4v) is 4.42. The zero-order valence-corrected chi connectivity index (χ0v) is 20.3. The zero-order valence-electron chi connectivity index (χ0n) is 20.3. The van der Waals surface area contributed by atoms with E-state index in [0.717, 1.165) is 35.1 Å². The van der Waals surface area contributed by atoms with Crippen LogP contribution in [0.4, 0.5) is 4.79 Å². The summed E-state index contributed by atoms with van der Waals surface area (Å²) in [5.74, 6) is -1.46. The Morgan fingerprint density at radius 1 is 1.00 bits per heavy atom. The number of nitrogens with one attached hydrogen (secondary N) is 2. The molecular weight excluding hydrogens is 448 g/mol. The van der Waals surface area contributed by atoms with Crippen molar-refractivity contribution in [2.24, 2.45) is 0 Å². The molecule has 2 aromatic rings. The number of carbonyl (C=O) groups is 3. The molecule has 2 amide bonds. The van der Waals surface area contributed by atoms with Crippen molar-refractivity contribution >= 4 is 18.0 Å². The predicted molar refractivity (Wildman–Crippen MR) is 132 cm³/mol. The van der Waals surface area contributed by atoms with Gasteiger partial charge in [0.15, 0.2) is 0 Å². The van der Waals surface area contributed by atoms with E-state index in [1.54, 1.807) is 6.92 Å². The van der Waals surface area contributed by atoms with E-state index in [9.17, 15) is 14.4 Å². The number of carboxylic acids is 1. The summed E-state index contributed by atoms with van der Waals surface area (Å²) in [5.41, 5.74) is 4.51. The molecule has 0 saturated heterocycles. The highest BCUT2D eigenvalue weighted by Crippen LogP contribution is 2.44. The number of rotatable bonds is 13. The summed E-state index contributed by atoms with van der Waals surface area (Å²) in [5, 5.41) is 14.4. The van der Waals surface area contributed by atoms with Crippen LogP contribution in [0.5, 0.6) is 0 Å². The van der Waals surface area contributed by atoms with E-state index in [1.165, 1.54) is 0 Å². The molecule has 0 aliphatic heterocycles. The van der Waals surface area contributed by atoms with Gasteiger partial charge < -0.3 is 25.2 Å². The summed E-state index contributed by atoms with van der Waals surface area (Å²) in [7, 11) is 0. The molecule has 1 aliphatic rings. The maximum absolute atomic E-state index is 12.8. The van der Waals surface area contributed by atoms with Gasteiger partial charge in [0.25, 0.3) is 0 Å². The van der Waals surface area contributed by atoms with E-state index in [1.807, 2.05) is 43.3 Å². The first-order valence-electron chi connectivity index (χ1n) is 12.2. The highest BCUT2D eigenvalue weighted by Gasteiger charge is 2.30. The summed E-state index contributed by atoms with van der Waals surface area (Å²) in [6, 6.07) is 15.4. The average Bonchev–Trinajstić information content (AvgIpc) is 3.17. The van der Waals surface area contributed by atoms with Crippen molar-refractivity contribution in [1.29, 1.82) is 0 Å². The van der Waals surface area contributed by atoms with Crippen LogP contribution in [-0.2, 0) is 19.1 Å². The second-order valence-corrected chi connectivity index (χ2v) is 8.59. The summed E-state index contributed by atoms with van der Waals surface area (Å²) < 4.78 is 11.0. The monoisotopic (exact) mass is 482 g/mol. The number of carbonyl (C=O) groups excluding carboxylic acids is 2. The third-order valence-corrected chi connectivity index (χ3v) is 6.11. The normalized spacial score (nSPS) is 13.9. The number of amides is 2. The minimum absolute atomic E-state index is 0.0496.